The summed E-state index contributed by atoms with van der Waals surface area (Å²) in [6.07, 6.45) is 0. The maximum absolute atomic E-state index is 10.2. The van der Waals surface area contributed by atoms with Crippen LogP contribution in [0.2, 0.25) is 0 Å². The van der Waals surface area contributed by atoms with Gasteiger partial charge in [-0.2, -0.15) is 0 Å². The Morgan fingerprint density at radius 2 is 2.22 bits per heavy atom. The quantitative estimate of drug-likeness (QED) is 0.470. The SMILES string of the molecule is CC(C)(CO)NC(N)=O. The van der Waals surface area contributed by atoms with Crippen molar-refractivity contribution in [2.24, 2.45) is 5.73 Å². The molecule has 0 aliphatic rings. The molecule has 2 amide bonds. The van der Waals surface area contributed by atoms with E-state index in [4.69, 9.17) is 10.8 Å². The molecule has 4 N–H and O–H groups in total. The number of aliphatic hydroxyl groups is 1. The molecule has 0 heterocycles. The van der Waals surface area contributed by atoms with Crippen LogP contribution in [0.4, 0.5) is 4.79 Å². The van der Waals surface area contributed by atoms with E-state index < -0.39 is 11.6 Å². The first-order valence-corrected chi connectivity index (χ1v) is 2.66. The van der Waals surface area contributed by atoms with Crippen LogP contribution in [0.25, 0.3) is 0 Å². The minimum absolute atomic E-state index is 0.115. The molecule has 0 aromatic heterocycles. The summed E-state index contributed by atoms with van der Waals surface area (Å²) in [6, 6.07) is -0.617. The molecule has 4 nitrogen and oxygen atoms in total. The van der Waals surface area contributed by atoms with Gasteiger partial charge in [0, 0.05) is 0 Å². The number of urea groups is 1. The summed E-state index contributed by atoms with van der Waals surface area (Å²) >= 11 is 0. The molecule has 0 aliphatic heterocycles. The highest BCUT2D eigenvalue weighted by Crippen LogP contribution is 1.97. The Bertz CT molecular complexity index is 112. The maximum atomic E-state index is 10.2. The van der Waals surface area contributed by atoms with Crippen molar-refractivity contribution in [3.05, 3.63) is 0 Å². The van der Waals surface area contributed by atoms with E-state index in [0.717, 1.165) is 0 Å². The molecule has 0 rings (SSSR count). The maximum Gasteiger partial charge on any atom is 0.312 e. The summed E-state index contributed by atoms with van der Waals surface area (Å²) in [5, 5.41) is 10.9. The van der Waals surface area contributed by atoms with Gasteiger partial charge in [0.15, 0.2) is 0 Å². The Morgan fingerprint density at radius 1 is 1.78 bits per heavy atom. The Labute approximate surface area is 54.0 Å². The topological polar surface area (TPSA) is 75.3 Å². The highest BCUT2D eigenvalue weighted by Gasteiger charge is 2.16. The van der Waals surface area contributed by atoms with Crippen molar-refractivity contribution in [2.75, 3.05) is 6.61 Å². The van der Waals surface area contributed by atoms with Crippen LogP contribution >= 0.6 is 0 Å². The largest absolute Gasteiger partial charge is 0.394 e. The van der Waals surface area contributed by atoms with Crippen LogP contribution in [0.1, 0.15) is 13.8 Å². The van der Waals surface area contributed by atoms with E-state index in [1.807, 2.05) is 0 Å². The normalized spacial score (nSPS) is 11.0. The molecular weight excluding hydrogens is 120 g/mol. The number of rotatable bonds is 2. The van der Waals surface area contributed by atoms with E-state index >= 15 is 0 Å². The van der Waals surface area contributed by atoms with Gasteiger partial charge in [-0.15, -0.1) is 0 Å². The fraction of sp³-hybridized carbons (Fsp3) is 0.800. The standard InChI is InChI=1S/C5H12N2O2/c1-5(2,3-8)7-4(6)9/h8H,3H2,1-2H3,(H3,6,7,9). The number of hydrogen-bond donors (Lipinski definition) is 3. The van der Waals surface area contributed by atoms with Gasteiger partial charge in [-0.05, 0) is 13.8 Å². The molecule has 0 aromatic rings. The minimum Gasteiger partial charge on any atom is -0.394 e. The number of nitrogens with two attached hydrogens (primary N) is 1. The van der Waals surface area contributed by atoms with Gasteiger partial charge < -0.3 is 16.2 Å². The Morgan fingerprint density at radius 3 is 2.33 bits per heavy atom. The molecule has 0 fully saturated rings. The van der Waals surface area contributed by atoms with E-state index in [-0.39, 0.29) is 6.61 Å². The van der Waals surface area contributed by atoms with Gasteiger partial charge in [0.05, 0.1) is 12.1 Å². The first kappa shape index (κ1) is 8.23. The molecule has 0 aromatic carbocycles. The zero-order valence-corrected chi connectivity index (χ0v) is 5.64. The average Bonchev–Trinajstić information content (AvgIpc) is 1.63. The highest BCUT2D eigenvalue weighted by atomic mass is 16.3. The Hall–Kier alpha value is -0.770. The number of amides is 2. The van der Waals surface area contributed by atoms with Crippen LogP contribution in [0, 0.1) is 0 Å². The fourth-order valence-corrected chi connectivity index (χ4v) is 0.373. The second kappa shape index (κ2) is 2.68. The first-order valence-electron chi connectivity index (χ1n) is 2.66. The van der Waals surface area contributed by atoms with Crippen LogP contribution in [0.3, 0.4) is 0 Å². The van der Waals surface area contributed by atoms with Crippen molar-refractivity contribution < 1.29 is 9.90 Å². The molecule has 0 spiro atoms. The van der Waals surface area contributed by atoms with Gasteiger partial charge in [-0.3, -0.25) is 0 Å². The number of hydrogen-bond acceptors (Lipinski definition) is 2. The van der Waals surface area contributed by atoms with Crippen LogP contribution in [-0.2, 0) is 0 Å². The van der Waals surface area contributed by atoms with Gasteiger partial charge in [0.1, 0.15) is 0 Å². The van der Waals surface area contributed by atoms with Gasteiger partial charge in [0.25, 0.3) is 0 Å². The lowest BCUT2D eigenvalue weighted by atomic mass is 10.1. The van der Waals surface area contributed by atoms with Crippen molar-refractivity contribution in [1.82, 2.24) is 5.32 Å². The Balaban J connectivity index is 3.71. The zero-order valence-electron chi connectivity index (χ0n) is 5.64. The third-order valence-corrected chi connectivity index (χ3v) is 0.857. The summed E-state index contributed by atoms with van der Waals surface area (Å²) in [4.78, 5) is 10.2. The zero-order chi connectivity index (χ0) is 7.49. The minimum atomic E-state index is -0.617. The van der Waals surface area contributed by atoms with Crippen molar-refractivity contribution in [3.63, 3.8) is 0 Å². The van der Waals surface area contributed by atoms with Gasteiger partial charge in [-0.1, -0.05) is 0 Å². The van der Waals surface area contributed by atoms with Crippen molar-refractivity contribution >= 4 is 6.03 Å². The number of primary amides is 1. The lowest BCUT2D eigenvalue weighted by molar-refractivity contribution is 0.186. The van der Waals surface area contributed by atoms with Crippen molar-refractivity contribution in [1.29, 1.82) is 0 Å². The van der Waals surface area contributed by atoms with Gasteiger partial charge in [0.2, 0.25) is 0 Å². The smallest absolute Gasteiger partial charge is 0.312 e. The highest BCUT2D eigenvalue weighted by molar-refractivity contribution is 5.72. The van der Waals surface area contributed by atoms with Crippen molar-refractivity contribution in [3.8, 4) is 0 Å². The van der Waals surface area contributed by atoms with Crippen LogP contribution in [0.15, 0.2) is 0 Å². The molecule has 54 valence electrons. The van der Waals surface area contributed by atoms with E-state index in [2.05, 4.69) is 5.32 Å². The Kier molecular flexibility index (Phi) is 2.45. The third-order valence-electron chi connectivity index (χ3n) is 0.857. The molecule has 0 saturated heterocycles. The second-order valence-electron chi connectivity index (χ2n) is 2.53. The molecule has 0 aliphatic carbocycles. The predicted molar refractivity (Wildman–Crippen MR) is 33.9 cm³/mol. The number of aliphatic hydroxyl groups excluding tert-OH is 1. The first-order chi connectivity index (χ1) is 3.98. The number of carbonyl (C=O) groups excluding carboxylic acids is 1. The molecule has 4 heteroatoms. The van der Waals surface area contributed by atoms with Gasteiger partial charge >= 0.3 is 6.03 Å². The fourth-order valence-electron chi connectivity index (χ4n) is 0.373. The molecule has 0 bridgehead atoms. The van der Waals surface area contributed by atoms with Crippen LogP contribution in [0.5, 0.6) is 0 Å². The van der Waals surface area contributed by atoms with E-state index in [0.29, 0.717) is 0 Å². The average molecular weight is 132 g/mol. The molecule has 0 unspecified atom stereocenters. The summed E-state index contributed by atoms with van der Waals surface area (Å²) in [7, 11) is 0. The number of carbonyl (C=O) groups is 1. The molecule has 0 radical (unpaired) electrons. The number of nitrogens with one attached hydrogen (secondary N) is 1. The summed E-state index contributed by atoms with van der Waals surface area (Å²) < 4.78 is 0. The summed E-state index contributed by atoms with van der Waals surface area (Å²) in [5.74, 6) is 0. The molecule has 0 saturated carbocycles. The van der Waals surface area contributed by atoms with E-state index in [1.54, 1.807) is 13.8 Å². The third kappa shape index (κ3) is 3.78. The molecule has 9 heavy (non-hydrogen) atoms. The monoisotopic (exact) mass is 132 g/mol. The van der Waals surface area contributed by atoms with E-state index in [9.17, 15) is 4.79 Å². The van der Waals surface area contributed by atoms with Crippen molar-refractivity contribution in [2.45, 2.75) is 19.4 Å². The molecular formula is C5H12N2O2. The van der Waals surface area contributed by atoms with Gasteiger partial charge in [-0.25, -0.2) is 4.79 Å². The second-order valence-corrected chi connectivity index (χ2v) is 2.53. The van der Waals surface area contributed by atoms with Crippen LogP contribution < -0.4 is 11.1 Å². The summed E-state index contributed by atoms with van der Waals surface area (Å²) in [5.41, 5.74) is 4.19. The van der Waals surface area contributed by atoms with E-state index in [1.165, 1.54) is 0 Å². The lowest BCUT2D eigenvalue weighted by Crippen LogP contribution is -2.48. The van der Waals surface area contributed by atoms with Crippen LogP contribution in [-0.4, -0.2) is 23.3 Å². The molecule has 0 atom stereocenters. The summed E-state index contributed by atoms with van der Waals surface area (Å²) in [6.45, 7) is 3.24. The predicted octanol–water partition coefficient (Wildman–Crippen LogP) is -0.574. The lowest BCUT2D eigenvalue weighted by Gasteiger charge is -2.21.